The van der Waals surface area contributed by atoms with Crippen LogP contribution in [0.3, 0.4) is 0 Å². The molecule has 3 nitrogen and oxygen atoms in total. The monoisotopic (exact) mass is 300 g/mol. The quantitative estimate of drug-likeness (QED) is 0.837. The van der Waals surface area contributed by atoms with Gasteiger partial charge in [0.15, 0.2) is 0 Å². The van der Waals surface area contributed by atoms with Gasteiger partial charge in [-0.15, -0.1) is 0 Å². The fourth-order valence-electron chi connectivity index (χ4n) is 4.21. The number of rotatable bonds is 2. The number of benzene rings is 1. The smallest absolute Gasteiger partial charge is 0.253 e. The molecular weight excluding hydrogens is 272 g/mol. The zero-order valence-electron chi connectivity index (χ0n) is 13.9. The Morgan fingerprint density at radius 1 is 1.00 bits per heavy atom. The van der Waals surface area contributed by atoms with Crippen LogP contribution in [0.4, 0.5) is 0 Å². The molecule has 3 heteroatoms. The average Bonchev–Trinajstić information content (AvgIpc) is 2.54. The highest BCUT2D eigenvalue weighted by Gasteiger charge is 2.31. The summed E-state index contributed by atoms with van der Waals surface area (Å²) < 4.78 is 0. The molecule has 0 spiro atoms. The lowest BCUT2D eigenvalue weighted by Crippen LogP contribution is -2.50. The molecule has 22 heavy (non-hydrogen) atoms. The summed E-state index contributed by atoms with van der Waals surface area (Å²) in [6.45, 7) is 9.02. The van der Waals surface area contributed by atoms with Gasteiger partial charge in [0.1, 0.15) is 0 Å². The van der Waals surface area contributed by atoms with Gasteiger partial charge < -0.3 is 4.90 Å². The van der Waals surface area contributed by atoms with E-state index in [0.717, 1.165) is 43.3 Å². The van der Waals surface area contributed by atoms with E-state index in [1.807, 2.05) is 35.2 Å². The van der Waals surface area contributed by atoms with Crippen molar-refractivity contribution in [1.29, 1.82) is 0 Å². The topological polar surface area (TPSA) is 23.6 Å². The van der Waals surface area contributed by atoms with Gasteiger partial charge in [-0.05, 0) is 43.2 Å². The van der Waals surface area contributed by atoms with Gasteiger partial charge in [-0.25, -0.2) is 0 Å². The van der Waals surface area contributed by atoms with Gasteiger partial charge in [0.2, 0.25) is 0 Å². The molecule has 0 aromatic heterocycles. The minimum atomic E-state index is 0.194. The van der Waals surface area contributed by atoms with E-state index in [4.69, 9.17) is 0 Å². The number of piperidine rings is 2. The van der Waals surface area contributed by atoms with Crippen molar-refractivity contribution in [1.82, 2.24) is 9.80 Å². The van der Waals surface area contributed by atoms with Crippen LogP contribution in [0.2, 0.25) is 0 Å². The zero-order valence-corrected chi connectivity index (χ0v) is 13.9. The lowest BCUT2D eigenvalue weighted by atomic mass is 9.89. The molecule has 2 aliphatic rings. The van der Waals surface area contributed by atoms with Crippen LogP contribution in [0.5, 0.6) is 0 Å². The molecule has 0 unspecified atom stereocenters. The number of carbonyl (C=O) groups excluding carboxylic acids is 1. The van der Waals surface area contributed by atoms with Crippen LogP contribution < -0.4 is 0 Å². The van der Waals surface area contributed by atoms with Crippen molar-refractivity contribution in [2.45, 2.75) is 39.2 Å². The number of hydrogen-bond acceptors (Lipinski definition) is 2. The Bertz CT molecular complexity index is 483. The van der Waals surface area contributed by atoms with Gasteiger partial charge >= 0.3 is 0 Å². The normalized spacial score (nSPS) is 27.8. The molecule has 1 aromatic rings. The largest absolute Gasteiger partial charge is 0.339 e. The molecule has 0 radical (unpaired) electrons. The summed E-state index contributed by atoms with van der Waals surface area (Å²) in [5.41, 5.74) is 0.821. The Morgan fingerprint density at radius 3 is 2.18 bits per heavy atom. The number of likely N-dealkylation sites (tertiary alicyclic amines) is 2. The highest BCUT2D eigenvalue weighted by Crippen LogP contribution is 2.26. The maximum Gasteiger partial charge on any atom is 0.253 e. The molecule has 0 bridgehead atoms. The summed E-state index contributed by atoms with van der Waals surface area (Å²) >= 11 is 0. The predicted molar refractivity (Wildman–Crippen MR) is 89.9 cm³/mol. The number of carbonyl (C=O) groups is 1. The van der Waals surface area contributed by atoms with Gasteiger partial charge in [0.05, 0.1) is 0 Å². The third-order valence-electron chi connectivity index (χ3n) is 5.19. The molecule has 0 aliphatic carbocycles. The van der Waals surface area contributed by atoms with E-state index in [1.54, 1.807) is 0 Å². The minimum absolute atomic E-state index is 0.194. The van der Waals surface area contributed by atoms with Crippen molar-refractivity contribution >= 4 is 5.91 Å². The van der Waals surface area contributed by atoms with Gasteiger partial charge in [-0.2, -0.15) is 0 Å². The van der Waals surface area contributed by atoms with E-state index in [9.17, 15) is 4.79 Å². The first-order chi connectivity index (χ1) is 10.6. The van der Waals surface area contributed by atoms with E-state index in [2.05, 4.69) is 18.7 Å². The van der Waals surface area contributed by atoms with Crippen molar-refractivity contribution in [3.8, 4) is 0 Å². The van der Waals surface area contributed by atoms with Crippen molar-refractivity contribution in [3.05, 3.63) is 35.9 Å². The molecule has 1 aromatic carbocycles. The molecule has 2 aliphatic heterocycles. The Kier molecular flexibility index (Phi) is 4.82. The molecule has 2 fully saturated rings. The van der Waals surface area contributed by atoms with Crippen molar-refractivity contribution in [2.24, 2.45) is 11.8 Å². The third-order valence-corrected chi connectivity index (χ3v) is 5.19. The third kappa shape index (κ3) is 3.52. The second kappa shape index (κ2) is 6.82. The molecule has 0 N–H and O–H groups in total. The van der Waals surface area contributed by atoms with E-state index >= 15 is 0 Å². The molecule has 2 atom stereocenters. The average molecular weight is 300 g/mol. The molecule has 3 rings (SSSR count). The first kappa shape index (κ1) is 15.5. The zero-order chi connectivity index (χ0) is 15.5. The van der Waals surface area contributed by atoms with Crippen molar-refractivity contribution in [2.75, 3.05) is 26.2 Å². The van der Waals surface area contributed by atoms with Crippen LogP contribution in [0.1, 0.15) is 43.5 Å². The molecule has 2 heterocycles. The van der Waals surface area contributed by atoms with Crippen LogP contribution in [0, 0.1) is 11.8 Å². The number of amides is 1. The van der Waals surface area contributed by atoms with Gasteiger partial charge in [0, 0.05) is 37.8 Å². The second-order valence-corrected chi connectivity index (χ2v) is 7.29. The second-order valence-electron chi connectivity index (χ2n) is 7.29. The highest BCUT2D eigenvalue weighted by atomic mass is 16.2. The fraction of sp³-hybridized carbons (Fsp3) is 0.632. The highest BCUT2D eigenvalue weighted by molar-refractivity contribution is 5.94. The first-order valence-electron chi connectivity index (χ1n) is 8.72. The SMILES string of the molecule is C[C@@H]1C[C@@H](C)CN(C2CCN(C(=O)c3ccccc3)CC2)C1. The Balaban J connectivity index is 1.55. The minimum Gasteiger partial charge on any atom is -0.339 e. The maximum atomic E-state index is 12.5. The Morgan fingerprint density at radius 2 is 1.59 bits per heavy atom. The van der Waals surface area contributed by atoms with Gasteiger partial charge in [-0.1, -0.05) is 32.0 Å². The fourth-order valence-corrected chi connectivity index (χ4v) is 4.21. The summed E-state index contributed by atoms with van der Waals surface area (Å²) in [6, 6.07) is 10.4. The molecule has 1 amide bonds. The Labute approximate surface area is 134 Å². The van der Waals surface area contributed by atoms with E-state index in [1.165, 1.54) is 19.5 Å². The van der Waals surface area contributed by atoms with Crippen LogP contribution in [-0.2, 0) is 0 Å². The molecule has 120 valence electrons. The summed E-state index contributed by atoms with van der Waals surface area (Å²) in [4.78, 5) is 17.2. The number of hydrogen-bond donors (Lipinski definition) is 0. The summed E-state index contributed by atoms with van der Waals surface area (Å²) in [7, 11) is 0. The van der Waals surface area contributed by atoms with Crippen LogP contribution >= 0.6 is 0 Å². The summed E-state index contributed by atoms with van der Waals surface area (Å²) in [5, 5.41) is 0. The van der Waals surface area contributed by atoms with E-state index < -0.39 is 0 Å². The van der Waals surface area contributed by atoms with Crippen LogP contribution in [-0.4, -0.2) is 47.9 Å². The van der Waals surface area contributed by atoms with Gasteiger partial charge in [0.25, 0.3) is 5.91 Å². The summed E-state index contributed by atoms with van der Waals surface area (Å²) in [5.74, 6) is 1.82. The summed E-state index contributed by atoms with van der Waals surface area (Å²) in [6.07, 6.45) is 3.61. The van der Waals surface area contributed by atoms with Crippen molar-refractivity contribution < 1.29 is 4.79 Å². The Hall–Kier alpha value is -1.35. The lowest BCUT2D eigenvalue weighted by Gasteiger charge is -2.43. The van der Waals surface area contributed by atoms with E-state index in [0.29, 0.717) is 6.04 Å². The maximum absolute atomic E-state index is 12.5. The number of nitrogens with zero attached hydrogens (tertiary/aromatic N) is 2. The predicted octanol–water partition coefficient (Wildman–Crippen LogP) is 3.27. The van der Waals surface area contributed by atoms with E-state index in [-0.39, 0.29) is 5.91 Å². The van der Waals surface area contributed by atoms with Gasteiger partial charge in [-0.3, -0.25) is 9.69 Å². The molecular formula is C19H28N2O. The van der Waals surface area contributed by atoms with Crippen LogP contribution in [0.15, 0.2) is 30.3 Å². The van der Waals surface area contributed by atoms with Crippen LogP contribution in [0.25, 0.3) is 0 Å². The standard InChI is InChI=1S/C19H28N2O/c1-15-12-16(2)14-21(13-15)18-8-10-20(11-9-18)19(22)17-6-4-3-5-7-17/h3-7,15-16,18H,8-14H2,1-2H3/t15-,16-/m1/s1. The first-order valence-corrected chi connectivity index (χ1v) is 8.72. The molecule has 0 saturated carbocycles. The van der Waals surface area contributed by atoms with Crippen molar-refractivity contribution in [3.63, 3.8) is 0 Å². The lowest BCUT2D eigenvalue weighted by molar-refractivity contribution is 0.0450. The molecule has 2 saturated heterocycles.